The molecule has 0 spiro atoms. The Bertz CT molecular complexity index is 572. The van der Waals surface area contributed by atoms with Gasteiger partial charge in [0.05, 0.1) is 12.8 Å². The van der Waals surface area contributed by atoms with Crippen molar-refractivity contribution in [2.45, 2.75) is 6.92 Å². The molecular weight excluding hydrogens is 233 g/mol. The lowest BCUT2D eigenvalue weighted by Crippen LogP contribution is -2.00. The van der Waals surface area contributed by atoms with E-state index < -0.39 is 5.82 Å². The maximum atomic E-state index is 13.3. The van der Waals surface area contributed by atoms with Gasteiger partial charge in [-0.05, 0) is 31.2 Å². The van der Waals surface area contributed by atoms with Gasteiger partial charge in [0.2, 0.25) is 0 Å². The van der Waals surface area contributed by atoms with Gasteiger partial charge in [-0.15, -0.1) is 0 Å². The second-order valence-corrected chi connectivity index (χ2v) is 3.86. The second kappa shape index (κ2) is 4.91. The number of nitrogens with one attached hydrogen (secondary N) is 1. The molecular formula is C13H14FN3O. The van der Waals surface area contributed by atoms with Gasteiger partial charge >= 0.3 is 0 Å². The normalized spacial score (nSPS) is 10.2. The standard InChI is InChI=1S/C13H14FN3O/c1-8-3-6-11(15)13(16-8)17-9-4-5-10(14)12(7-9)18-2/h3-7H,15H2,1-2H3,(H,16,17). The van der Waals surface area contributed by atoms with Crippen molar-refractivity contribution in [1.82, 2.24) is 4.98 Å². The minimum Gasteiger partial charge on any atom is -0.494 e. The molecule has 0 fully saturated rings. The number of aromatic nitrogens is 1. The van der Waals surface area contributed by atoms with E-state index in [4.69, 9.17) is 10.5 Å². The van der Waals surface area contributed by atoms with E-state index in [0.717, 1.165) is 5.69 Å². The number of nitrogens with zero attached hydrogens (tertiary/aromatic N) is 1. The molecule has 2 aromatic rings. The molecule has 0 radical (unpaired) electrons. The van der Waals surface area contributed by atoms with Crippen molar-refractivity contribution in [3.05, 3.63) is 41.8 Å². The van der Waals surface area contributed by atoms with E-state index in [-0.39, 0.29) is 5.75 Å². The minimum atomic E-state index is -0.409. The van der Waals surface area contributed by atoms with Crippen LogP contribution in [0.5, 0.6) is 5.75 Å². The fourth-order valence-electron chi connectivity index (χ4n) is 1.54. The first-order valence-electron chi connectivity index (χ1n) is 5.44. The topological polar surface area (TPSA) is 60.2 Å². The summed E-state index contributed by atoms with van der Waals surface area (Å²) >= 11 is 0. The lowest BCUT2D eigenvalue weighted by Gasteiger charge is -2.10. The van der Waals surface area contributed by atoms with Crippen LogP contribution in [0.3, 0.4) is 0 Å². The number of hydrogen-bond donors (Lipinski definition) is 2. The molecule has 0 unspecified atom stereocenters. The largest absolute Gasteiger partial charge is 0.494 e. The summed E-state index contributed by atoms with van der Waals surface area (Å²) in [7, 11) is 1.42. The number of nitrogen functional groups attached to an aromatic ring is 1. The Balaban J connectivity index is 2.31. The van der Waals surface area contributed by atoms with Crippen LogP contribution in [0.2, 0.25) is 0 Å². The third kappa shape index (κ3) is 2.51. The Labute approximate surface area is 105 Å². The summed E-state index contributed by atoms with van der Waals surface area (Å²) < 4.78 is 18.2. The van der Waals surface area contributed by atoms with E-state index >= 15 is 0 Å². The third-order valence-corrected chi connectivity index (χ3v) is 2.48. The Morgan fingerprint density at radius 1 is 1.28 bits per heavy atom. The fourth-order valence-corrected chi connectivity index (χ4v) is 1.54. The molecule has 0 aliphatic carbocycles. The van der Waals surface area contributed by atoms with Gasteiger partial charge in [-0.25, -0.2) is 9.37 Å². The first kappa shape index (κ1) is 12.2. The van der Waals surface area contributed by atoms with Crippen molar-refractivity contribution in [3.63, 3.8) is 0 Å². The zero-order valence-corrected chi connectivity index (χ0v) is 10.2. The quantitative estimate of drug-likeness (QED) is 0.875. The van der Waals surface area contributed by atoms with Crippen molar-refractivity contribution in [1.29, 1.82) is 0 Å². The van der Waals surface area contributed by atoms with Crippen LogP contribution in [0.1, 0.15) is 5.69 Å². The molecule has 2 rings (SSSR count). The average molecular weight is 247 g/mol. The molecule has 5 heteroatoms. The summed E-state index contributed by atoms with van der Waals surface area (Å²) in [6, 6.07) is 8.07. The number of benzene rings is 1. The zero-order valence-electron chi connectivity index (χ0n) is 10.2. The van der Waals surface area contributed by atoms with Crippen LogP contribution in [-0.2, 0) is 0 Å². The highest BCUT2D eigenvalue weighted by atomic mass is 19.1. The molecule has 18 heavy (non-hydrogen) atoms. The summed E-state index contributed by atoms with van der Waals surface area (Å²) in [6.45, 7) is 1.87. The number of nitrogens with two attached hydrogens (primary N) is 1. The molecule has 0 bridgehead atoms. The Morgan fingerprint density at radius 2 is 2.06 bits per heavy atom. The number of aryl methyl sites for hydroxylation is 1. The highest BCUT2D eigenvalue weighted by Crippen LogP contribution is 2.26. The molecule has 0 aliphatic rings. The number of rotatable bonds is 3. The maximum Gasteiger partial charge on any atom is 0.165 e. The number of hydrogen-bond acceptors (Lipinski definition) is 4. The van der Waals surface area contributed by atoms with E-state index in [1.165, 1.54) is 13.2 Å². The smallest absolute Gasteiger partial charge is 0.165 e. The zero-order chi connectivity index (χ0) is 13.1. The third-order valence-electron chi connectivity index (χ3n) is 2.48. The molecule has 1 aromatic heterocycles. The summed E-state index contributed by atoms with van der Waals surface area (Å²) in [4.78, 5) is 4.28. The van der Waals surface area contributed by atoms with Gasteiger partial charge < -0.3 is 15.8 Å². The van der Waals surface area contributed by atoms with Crippen LogP contribution in [0.25, 0.3) is 0 Å². The van der Waals surface area contributed by atoms with Gasteiger partial charge in [0.15, 0.2) is 17.4 Å². The van der Waals surface area contributed by atoms with Crippen LogP contribution in [0.15, 0.2) is 30.3 Å². The van der Waals surface area contributed by atoms with Crippen molar-refractivity contribution in [2.75, 3.05) is 18.2 Å². The number of pyridine rings is 1. The monoisotopic (exact) mass is 247 g/mol. The van der Waals surface area contributed by atoms with Gasteiger partial charge in [0.1, 0.15) is 0 Å². The maximum absolute atomic E-state index is 13.3. The molecule has 1 aromatic carbocycles. The van der Waals surface area contributed by atoms with E-state index in [9.17, 15) is 4.39 Å². The van der Waals surface area contributed by atoms with Crippen LogP contribution in [-0.4, -0.2) is 12.1 Å². The number of methoxy groups -OCH3 is 1. The van der Waals surface area contributed by atoms with Crippen LogP contribution < -0.4 is 15.8 Å². The van der Waals surface area contributed by atoms with Crippen LogP contribution >= 0.6 is 0 Å². The van der Waals surface area contributed by atoms with Crippen LogP contribution in [0, 0.1) is 12.7 Å². The molecule has 0 aliphatic heterocycles. The lowest BCUT2D eigenvalue weighted by atomic mass is 10.2. The van der Waals surface area contributed by atoms with Gasteiger partial charge in [-0.1, -0.05) is 0 Å². The lowest BCUT2D eigenvalue weighted by molar-refractivity contribution is 0.387. The SMILES string of the molecule is COc1cc(Nc2nc(C)ccc2N)ccc1F. The molecule has 1 heterocycles. The second-order valence-electron chi connectivity index (χ2n) is 3.86. The minimum absolute atomic E-state index is 0.172. The van der Waals surface area contributed by atoms with Gasteiger partial charge in [-0.3, -0.25) is 0 Å². The Kier molecular flexibility index (Phi) is 3.32. The first-order valence-corrected chi connectivity index (χ1v) is 5.44. The van der Waals surface area contributed by atoms with E-state index in [2.05, 4.69) is 10.3 Å². The summed E-state index contributed by atoms with van der Waals surface area (Å²) in [6.07, 6.45) is 0. The molecule has 0 atom stereocenters. The highest BCUT2D eigenvalue weighted by Gasteiger charge is 2.06. The van der Waals surface area contributed by atoms with Crippen molar-refractivity contribution < 1.29 is 9.13 Å². The van der Waals surface area contributed by atoms with E-state index in [1.807, 2.05) is 13.0 Å². The van der Waals surface area contributed by atoms with Gasteiger partial charge in [0, 0.05) is 17.4 Å². The predicted molar refractivity (Wildman–Crippen MR) is 69.6 cm³/mol. The predicted octanol–water partition coefficient (Wildman–Crippen LogP) is 2.86. The van der Waals surface area contributed by atoms with Crippen molar-refractivity contribution in [2.24, 2.45) is 0 Å². The van der Waals surface area contributed by atoms with E-state index in [1.54, 1.807) is 18.2 Å². The Morgan fingerprint density at radius 3 is 2.78 bits per heavy atom. The van der Waals surface area contributed by atoms with Crippen molar-refractivity contribution in [3.8, 4) is 5.75 Å². The first-order chi connectivity index (χ1) is 8.60. The van der Waals surface area contributed by atoms with Crippen LogP contribution in [0.4, 0.5) is 21.6 Å². The summed E-state index contributed by atoms with van der Waals surface area (Å²) in [5.74, 6) is 0.308. The summed E-state index contributed by atoms with van der Waals surface area (Å²) in [5.41, 5.74) is 7.85. The Hall–Kier alpha value is -2.30. The van der Waals surface area contributed by atoms with E-state index in [0.29, 0.717) is 17.2 Å². The average Bonchev–Trinajstić information content (AvgIpc) is 2.36. The molecule has 0 amide bonds. The molecule has 0 saturated heterocycles. The highest BCUT2D eigenvalue weighted by molar-refractivity contribution is 5.69. The van der Waals surface area contributed by atoms with Gasteiger partial charge in [-0.2, -0.15) is 0 Å². The molecule has 94 valence electrons. The number of ether oxygens (including phenoxy) is 1. The molecule has 0 saturated carbocycles. The molecule has 4 nitrogen and oxygen atoms in total. The summed E-state index contributed by atoms with van der Waals surface area (Å²) in [5, 5.41) is 3.03. The fraction of sp³-hybridized carbons (Fsp3) is 0.154. The molecule has 3 N–H and O–H groups in total. The number of halogens is 1. The number of anilines is 3. The van der Waals surface area contributed by atoms with Crippen molar-refractivity contribution >= 4 is 17.2 Å². The van der Waals surface area contributed by atoms with Gasteiger partial charge in [0.25, 0.3) is 0 Å².